The summed E-state index contributed by atoms with van der Waals surface area (Å²) in [5.41, 5.74) is 1.24. The summed E-state index contributed by atoms with van der Waals surface area (Å²) in [7, 11) is 0. The highest BCUT2D eigenvalue weighted by molar-refractivity contribution is 5.58. The second kappa shape index (κ2) is 4.35. The van der Waals surface area contributed by atoms with Gasteiger partial charge in [-0.1, -0.05) is 12.1 Å². The van der Waals surface area contributed by atoms with Gasteiger partial charge in [-0.05, 0) is 30.7 Å². The second-order valence-corrected chi connectivity index (χ2v) is 3.47. The molecule has 1 aliphatic rings. The standard InChI is InChI=1S/C12H11NO3/c1-8-15-12(16-8)10(7-13)6-9-2-4-11(14)5-3-9/h2-6,8,12,14H,1H3/b10-6-. The summed E-state index contributed by atoms with van der Waals surface area (Å²) in [5.74, 6) is 0.195. The first kappa shape index (κ1) is 10.7. The molecule has 0 spiro atoms. The third kappa shape index (κ3) is 2.22. The SMILES string of the molecule is CC1OC(/C(C#N)=C\c2ccc(O)cc2)O1. The third-order valence-electron chi connectivity index (χ3n) is 2.23. The van der Waals surface area contributed by atoms with Crippen molar-refractivity contribution in [3.63, 3.8) is 0 Å². The lowest BCUT2D eigenvalue weighted by Gasteiger charge is -2.33. The van der Waals surface area contributed by atoms with Gasteiger partial charge >= 0.3 is 0 Å². The summed E-state index contributed by atoms with van der Waals surface area (Å²) in [6.07, 6.45) is 0.867. The number of nitrogens with zero attached hydrogens (tertiary/aromatic N) is 1. The molecule has 4 nitrogen and oxygen atoms in total. The molecule has 1 saturated heterocycles. The third-order valence-corrected chi connectivity index (χ3v) is 2.23. The molecule has 2 rings (SSSR count). The monoisotopic (exact) mass is 217 g/mol. The van der Waals surface area contributed by atoms with Crippen LogP contribution in [0.15, 0.2) is 29.8 Å². The Morgan fingerprint density at radius 2 is 2.00 bits per heavy atom. The van der Waals surface area contributed by atoms with Crippen molar-refractivity contribution in [3.8, 4) is 11.8 Å². The molecule has 0 unspecified atom stereocenters. The molecule has 82 valence electrons. The average molecular weight is 217 g/mol. The Balaban J connectivity index is 2.15. The fraction of sp³-hybridized carbons (Fsp3) is 0.250. The maximum Gasteiger partial charge on any atom is 0.199 e. The zero-order valence-electron chi connectivity index (χ0n) is 8.75. The molecule has 1 N–H and O–H groups in total. The number of rotatable bonds is 2. The quantitative estimate of drug-likeness (QED) is 0.770. The number of ether oxygens (including phenoxy) is 2. The first-order valence-electron chi connectivity index (χ1n) is 4.90. The molecule has 1 aromatic rings. The van der Waals surface area contributed by atoms with Crippen molar-refractivity contribution >= 4 is 6.08 Å². The van der Waals surface area contributed by atoms with Crippen LogP contribution in [0.1, 0.15) is 12.5 Å². The molecule has 1 aromatic carbocycles. The average Bonchev–Trinajstić information content (AvgIpc) is 2.25. The lowest BCUT2D eigenvalue weighted by Crippen LogP contribution is -2.39. The van der Waals surface area contributed by atoms with Gasteiger partial charge in [0.15, 0.2) is 12.6 Å². The van der Waals surface area contributed by atoms with Gasteiger partial charge in [-0.25, -0.2) is 0 Å². The van der Waals surface area contributed by atoms with Crippen molar-refractivity contribution in [2.24, 2.45) is 0 Å². The molecule has 0 bridgehead atoms. The predicted molar refractivity (Wildman–Crippen MR) is 57.1 cm³/mol. The number of phenolic OH excluding ortho intramolecular Hbond substituents is 1. The van der Waals surface area contributed by atoms with Gasteiger partial charge in [0.1, 0.15) is 11.8 Å². The maximum absolute atomic E-state index is 9.11. The number of phenols is 1. The van der Waals surface area contributed by atoms with Crippen LogP contribution in [0.2, 0.25) is 0 Å². The lowest BCUT2D eigenvalue weighted by atomic mass is 10.1. The summed E-state index contributed by atoms with van der Waals surface area (Å²) in [6.45, 7) is 1.77. The highest BCUT2D eigenvalue weighted by atomic mass is 16.9. The van der Waals surface area contributed by atoms with E-state index in [1.54, 1.807) is 37.3 Å². The van der Waals surface area contributed by atoms with Crippen LogP contribution in [-0.4, -0.2) is 17.7 Å². The number of nitriles is 1. The predicted octanol–water partition coefficient (Wildman–Crippen LogP) is 2.02. The van der Waals surface area contributed by atoms with Crippen LogP contribution in [0.4, 0.5) is 0 Å². The molecule has 0 aromatic heterocycles. The highest BCUT2D eigenvalue weighted by Crippen LogP contribution is 2.24. The Morgan fingerprint density at radius 1 is 1.38 bits per heavy atom. The van der Waals surface area contributed by atoms with E-state index in [1.807, 2.05) is 6.07 Å². The number of hydrogen-bond acceptors (Lipinski definition) is 4. The topological polar surface area (TPSA) is 62.5 Å². The molecule has 0 aliphatic carbocycles. The van der Waals surface area contributed by atoms with Gasteiger partial charge < -0.3 is 14.6 Å². The van der Waals surface area contributed by atoms with Crippen molar-refractivity contribution in [1.82, 2.24) is 0 Å². The summed E-state index contributed by atoms with van der Waals surface area (Å²) >= 11 is 0. The van der Waals surface area contributed by atoms with E-state index in [9.17, 15) is 0 Å². The van der Waals surface area contributed by atoms with Gasteiger partial charge in [-0.15, -0.1) is 0 Å². The van der Waals surface area contributed by atoms with Gasteiger partial charge in [-0.3, -0.25) is 0 Å². The van der Waals surface area contributed by atoms with Crippen molar-refractivity contribution in [1.29, 1.82) is 5.26 Å². The molecular formula is C12H11NO3. The summed E-state index contributed by atoms with van der Waals surface area (Å²) in [5, 5.41) is 18.1. The minimum absolute atomic E-state index is 0.195. The Labute approximate surface area is 93.3 Å². The number of benzene rings is 1. The Morgan fingerprint density at radius 3 is 2.50 bits per heavy atom. The van der Waals surface area contributed by atoms with Gasteiger partial charge in [0.2, 0.25) is 0 Å². The summed E-state index contributed by atoms with van der Waals surface area (Å²) in [6, 6.07) is 8.59. The zero-order valence-corrected chi connectivity index (χ0v) is 8.75. The molecular weight excluding hydrogens is 206 g/mol. The molecule has 1 fully saturated rings. The lowest BCUT2D eigenvalue weighted by molar-refractivity contribution is -0.357. The van der Waals surface area contributed by atoms with E-state index in [1.165, 1.54) is 0 Å². The van der Waals surface area contributed by atoms with Crippen molar-refractivity contribution in [3.05, 3.63) is 35.4 Å². The summed E-state index contributed by atoms with van der Waals surface area (Å²) in [4.78, 5) is 0. The molecule has 1 aliphatic heterocycles. The second-order valence-electron chi connectivity index (χ2n) is 3.47. The van der Waals surface area contributed by atoms with Crippen molar-refractivity contribution in [2.45, 2.75) is 19.5 Å². The van der Waals surface area contributed by atoms with Gasteiger partial charge in [0.25, 0.3) is 0 Å². The van der Waals surface area contributed by atoms with E-state index in [0.717, 1.165) is 5.56 Å². The number of aromatic hydroxyl groups is 1. The van der Waals surface area contributed by atoms with Crippen LogP contribution in [0, 0.1) is 11.3 Å². The summed E-state index contributed by atoms with van der Waals surface area (Å²) < 4.78 is 10.5. The van der Waals surface area contributed by atoms with Crippen LogP contribution < -0.4 is 0 Å². The van der Waals surface area contributed by atoms with Crippen LogP contribution in [0.3, 0.4) is 0 Å². The molecule has 1 heterocycles. The van der Waals surface area contributed by atoms with Crippen LogP contribution in [0.25, 0.3) is 6.08 Å². The molecule has 0 amide bonds. The maximum atomic E-state index is 9.11. The van der Waals surface area contributed by atoms with E-state index < -0.39 is 6.29 Å². The van der Waals surface area contributed by atoms with E-state index in [0.29, 0.717) is 5.57 Å². The smallest absolute Gasteiger partial charge is 0.199 e. The van der Waals surface area contributed by atoms with E-state index in [4.69, 9.17) is 19.8 Å². The van der Waals surface area contributed by atoms with E-state index >= 15 is 0 Å². The Bertz CT molecular complexity index is 438. The fourth-order valence-corrected chi connectivity index (χ4v) is 1.41. The van der Waals surface area contributed by atoms with Crippen LogP contribution >= 0.6 is 0 Å². The van der Waals surface area contributed by atoms with Gasteiger partial charge in [-0.2, -0.15) is 5.26 Å². The van der Waals surface area contributed by atoms with Crippen LogP contribution in [0.5, 0.6) is 5.75 Å². The molecule has 4 heteroatoms. The minimum Gasteiger partial charge on any atom is -0.508 e. The largest absolute Gasteiger partial charge is 0.508 e. The first-order valence-corrected chi connectivity index (χ1v) is 4.90. The zero-order chi connectivity index (χ0) is 11.5. The normalized spacial score (nSPS) is 24.6. The van der Waals surface area contributed by atoms with E-state index in [2.05, 4.69) is 0 Å². The van der Waals surface area contributed by atoms with E-state index in [-0.39, 0.29) is 12.0 Å². The Kier molecular flexibility index (Phi) is 2.91. The Hall–Kier alpha value is -1.83. The molecule has 0 atom stereocenters. The van der Waals surface area contributed by atoms with Gasteiger partial charge in [0, 0.05) is 0 Å². The first-order chi connectivity index (χ1) is 7.69. The highest BCUT2D eigenvalue weighted by Gasteiger charge is 2.30. The number of hydrogen-bond donors (Lipinski definition) is 1. The van der Waals surface area contributed by atoms with Crippen LogP contribution in [-0.2, 0) is 9.47 Å². The molecule has 16 heavy (non-hydrogen) atoms. The van der Waals surface area contributed by atoms with Gasteiger partial charge in [0.05, 0.1) is 5.57 Å². The fourth-order valence-electron chi connectivity index (χ4n) is 1.41. The van der Waals surface area contributed by atoms with Crippen molar-refractivity contribution in [2.75, 3.05) is 0 Å². The molecule has 0 saturated carbocycles. The van der Waals surface area contributed by atoms with Crippen molar-refractivity contribution < 1.29 is 14.6 Å². The molecule has 0 radical (unpaired) electrons. The minimum atomic E-state index is -0.561.